The van der Waals surface area contributed by atoms with Gasteiger partial charge in [-0.15, -0.1) is 0 Å². The normalized spacial score (nSPS) is 13.9. The number of fused-ring (bicyclic) bond motifs is 1. The van der Waals surface area contributed by atoms with E-state index in [1.165, 1.54) is 6.26 Å². The molecule has 102 valence electrons. The van der Waals surface area contributed by atoms with Crippen molar-refractivity contribution in [3.63, 3.8) is 0 Å². The van der Waals surface area contributed by atoms with Gasteiger partial charge in [0.05, 0.1) is 6.26 Å². The Morgan fingerprint density at radius 1 is 1.25 bits per heavy atom. The standard InChI is InChI=1S/C16H15NO3/c1-11(18)12-6-7-14-13(10-12)4-2-8-17(14)16(19)15-5-3-9-20-15/h3,5-7,9-10H,2,4,8H2,1H3. The largest absolute Gasteiger partial charge is 0.459 e. The lowest BCUT2D eigenvalue weighted by atomic mass is 9.98. The summed E-state index contributed by atoms with van der Waals surface area (Å²) in [6, 6.07) is 8.89. The summed E-state index contributed by atoms with van der Waals surface area (Å²) >= 11 is 0. The molecule has 1 aromatic carbocycles. The van der Waals surface area contributed by atoms with Crippen LogP contribution in [0, 0.1) is 0 Å². The van der Waals surface area contributed by atoms with Crippen LogP contribution in [-0.4, -0.2) is 18.2 Å². The Morgan fingerprint density at radius 2 is 2.10 bits per heavy atom. The summed E-state index contributed by atoms with van der Waals surface area (Å²) in [7, 11) is 0. The average Bonchev–Trinajstić information content (AvgIpc) is 2.99. The Labute approximate surface area is 117 Å². The molecule has 1 aromatic heterocycles. The van der Waals surface area contributed by atoms with E-state index < -0.39 is 0 Å². The number of furan rings is 1. The van der Waals surface area contributed by atoms with Crippen LogP contribution in [0.4, 0.5) is 5.69 Å². The molecule has 0 saturated heterocycles. The van der Waals surface area contributed by atoms with Crippen LogP contribution in [0.15, 0.2) is 41.0 Å². The van der Waals surface area contributed by atoms with Crippen molar-refractivity contribution >= 4 is 17.4 Å². The maximum atomic E-state index is 12.4. The van der Waals surface area contributed by atoms with Crippen LogP contribution in [0.1, 0.15) is 39.8 Å². The van der Waals surface area contributed by atoms with Crippen molar-refractivity contribution in [2.75, 3.05) is 11.4 Å². The molecule has 4 nitrogen and oxygen atoms in total. The van der Waals surface area contributed by atoms with Crippen LogP contribution in [0.25, 0.3) is 0 Å². The number of rotatable bonds is 2. The monoisotopic (exact) mass is 269 g/mol. The number of carbonyl (C=O) groups excluding carboxylic acids is 2. The first-order valence-corrected chi connectivity index (χ1v) is 6.66. The summed E-state index contributed by atoms with van der Waals surface area (Å²) in [5, 5.41) is 0. The summed E-state index contributed by atoms with van der Waals surface area (Å²) in [5.74, 6) is 0.252. The molecule has 20 heavy (non-hydrogen) atoms. The fourth-order valence-corrected chi connectivity index (χ4v) is 2.56. The molecule has 3 rings (SSSR count). The van der Waals surface area contributed by atoms with Gasteiger partial charge in [-0.25, -0.2) is 0 Å². The van der Waals surface area contributed by atoms with Crippen molar-refractivity contribution in [1.29, 1.82) is 0 Å². The first kappa shape index (κ1) is 12.7. The minimum absolute atomic E-state index is 0.0438. The van der Waals surface area contributed by atoms with Crippen molar-refractivity contribution in [3.05, 3.63) is 53.5 Å². The summed E-state index contributed by atoms with van der Waals surface area (Å²) in [4.78, 5) is 25.6. The number of nitrogens with zero attached hydrogens (tertiary/aromatic N) is 1. The van der Waals surface area contributed by atoms with Gasteiger partial charge < -0.3 is 9.32 Å². The topological polar surface area (TPSA) is 50.5 Å². The molecule has 4 heteroatoms. The molecule has 0 bridgehead atoms. The Bertz CT molecular complexity index is 658. The lowest BCUT2D eigenvalue weighted by Crippen LogP contribution is -2.35. The van der Waals surface area contributed by atoms with E-state index in [2.05, 4.69) is 0 Å². The van der Waals surface area contributed by atoms with Crippen molar-refractivity contribution in [3.8, 4) is 0 Å². The fourth-order valence-electron chi connectivity index (χ4n) is 2.56. The van der Waals surface area contributed by atoms with Gasteiger partial charge >= 0.3 is 0 Å². The number of hydrogen-bond donors (Lipinski definition) is 0. The third-order valence-corrected chi connectivity index (χ3v) is 3.58. The van der Waals surface area contributed by atoms with Crippen LogP contribution in [-0.2, 0) is 6.42 Å². The van der Waals surface area contributed by atoms with Crippen LogP contribution in [0.5, 0.6) is 0 Å². The van der Waals surface area contributed by atoms with Gasteiger partial charge in [0.1, 0.15) is 0 Å². The average molecular weight is 269 g/mol. The quantitative estimate of drug-likeness (QED) is 0.787. The minimum atomic E-state index is -0.133. The highest BCUT2D eigenvalue weighted by Crippen LogP contribution is 2.29. The smallest absolute Gasteiger partial charge is 0.293 e. The van der Waals surface area contributed by atoms with Crippen LogP contribution in [0.3, 0.4) is 0 Å². The van der Waals surface area contributed by atoms with E-state index in [-0.39, 0.29) is 11.7 Å². The predicted octanol–water partition coefficient (Wildman–Crippen LogP) is 3.08. The van der Waals surface area contributed by atoms with E-state index in [1.54, 1.807) is 30.0 Å². The molecular weight excluding hydrogens is 254 g/mol. The van der Waals surface area contributed by atoms with E-state index in [4.69, 9.17) is 4.42 Å². The molecule has 0 radical (unpaired) electrons. The van der Waals surface area contributed by atoms with Gasteiger partial charge in [0, 0.05) is 17.8 Å². The van der Waals surface area contributed by atoms with E-state index in [9.17, 15) is 9.59 Å². The number of anilines is 1. The first-order chi connectivity index (χ1) is 9.66. The van der Waals surface area contributed by atoms with Gasteiger partial charge in [-0.3, -0.25) is 9.59 Å². The number of carbonyl (C=O) groups is 2. The van der Waals surface area contributed by atoms with Crippen molar-refractivity contribution in [2.45, 2.75) is 19.8 Å². The Balaban J connectivity index is 1.98. The summed E-state index contributed by atoms with van der Waals surface area (Å²) < 4.78 is 5.18. The highest BCUT2D eigenvalue weighted by atomic mass is 16.3. The Morgan fingerprint density at radius 3 is 2.80 bits per heavy atom. The van der Waals surface area contributed by atoms with Gasteiger partial charge in [-0.2, -0.15) is 0 Å². The number of aryl methyl sites for hydroxylation is 1. The van der Waals surface area contributed by atoms with Crippen LogP contribution in [0.2, 0.25) is 0 Å². The number of amides is 1. The zero-order chi connectivity index (χ0) is 14.1. The van der Waals surface area contributed by atoms with E-state index in [1.807, 2.05) is 12.1 Å². The fraction of sp³-hybridized carbons (Fsp3) is 0.250. The third kappa shape index (κ3) is 2.13. The molecule has 0 fully saturated rings. The van der Waals surface area contributed by atoms with Gasteiger partial charge in [-0.05, 0) is 55.7 Å². The highest BCUT2D eigenvalue weighted by molar-refractivity contribution is 6.05. The number of hydrogen-bond acceptors (Lipinski definition) is 3. The summed E-state index contributed by atoms with van der Waals surface area (Å²) in [6.07, 6.45) is 3.27. The molecule has 0 N–H and O–H groups in total. The number of ketones is 1. The molecule has 0 unspecified atom stereocenters. The molecule has 2 heterocycles. The molecule has 1 aliphatic rings. The van der Waals surface area contributed by atoms with Gasteiger partial charge in [0.2, 0.25) is 0 Å². The maximum absolute atomic E-state index is 12.4. The third-order valence-electron chi connectivity index (χ3n) is 3.58. The van der Waals surface area contributed by atoms with E-state index >= 15 is 0 Å². The maximum Gasteiger partial charge on any atom is 0.293 e. The van der Waals surface area contributed by atoms with Crippen molar-refractivity contribution in [2.24, 2.45) is 0 Å². The number of Topliss-reactive ketones (excluding diaryl/α,β-unsaturated/α-hetero) is 1. The molecule has 0 aliphatic carbocycles. The molecule has 0 spiro atoms. The minimum Gasteiger partial charge on any atom is -0.459 e. The molecular formula is C16H15NO3. The van der Waals surface area contributed by atoms with Gasteiger partial charge in [0.25, 0.3) is 5.91 Å². The van der Waals surface area contributed by atoms with Gasteiger partial charge in [-0.1, -0.05) is 0 Å². The second-order valence-electron chi connectivity index (χ2n) is 4.94. The summed E-state index contributed by atoms with van der Waals surface area (Å²) in [6.45, 7) is 2.22. The second kappa shape index (κ2) is 4.96. The molecule has 1 aliphatic heterocycles. The van der Waals surface area contributed by atoms with Gasteiger partial charge in [0.15, 0.2) is 11.5 Å². The van der Waals surface area contributed by atoms with Crippen molar-refractivity contribution < 1.29 is 14.0 Å². The number of benzene rings is 1. The van der Waals surface area contributed by atoms with Crippen LogP contribution < -0.4 is 4.90 Å². The lowest BCUT2D eigenvalue weighted by Gasteiger charge is -2.29. The van der Waals surface area contributed by atoms with E-state index in [0.29, 0.717) is 17.9 Å². The zero-order valence-electron chi connectivity index (χ0n) is 11.3. The molecule has 0 saturated carbocycles. The van der Waals surface area contributed by atoms with Crippen LogP contribution >= 0.6 is 0 Å². The summed E-state index contributed by atoms with van der Waals surface area (Å²) in [5.41, 5.74) is 2.61. The SMILES string of the molecule is CC(=O)c1ccc2c(c1)CCCN2C(=O)c1ccco1. The highest BCUT2D eigenvalue weighted by Gasteiger charge is 2.25. The van der Waals surface area contributed by atoms with Crippen molar-refractivity contribution in [1.82, 2.24) is 0 Å². The molecule has 0 atom stereocenters. The van der Waals surface area contributed by atoms with E-state index in [0.717, 1.165) is 24.1 Å². The Hall–Kier alpha value is -2.36. The zero-order valence-corrected chi connectivity index (χ0v) is 11.3. The lowest BCUT2D eigenvalue weighted by molar-refractivity contribution is 0.0958. The Kier molecular flexibility index (Phi) is 3.14. The first-order valence-electron chi connectivity index (χ1n) is 6.66. The second-order valence-corrected chi connectivity index (χ2v) is 4.94. The predicted molar refractivity (Wildman–Crippen MR) is 75.2 cm³/mol. The molecule has 2 aromatic rings. The molecule has 1 amide bonds.